The van der Waals surface area contributed by atoms with E-state index in [1.54, 1.807) is 19.3 Å². The highest BCUT2D eigenvalue weighted by molar-refractivity contribution is 6.30. The van der Waals surface area contributed by atoms with E-state index in [0.29, 0.717) is 17.9 Å². The highest BCUT2D eigenvalue weighted by Crippen LogP contribution is 2.50. The number of hydrogen-bond donors (Lipinski definition) is 1. The second-order valence-corrected chi connectivity index (χ2v) is 9.93. The van der Waals surface area contributed by atoms with Gasteiger partial charge in [0.15, 0.2) is 0 Å². The third kappa shape index (κ3) is 4.23. The summed E-state index contributed by atoms with van der Waals surface area (Å²) in [4.78, 5) is 43.0. The predicted molar refractivity (Wildman–Crippen MR) is 125 cm³/mol. The van der Waals surface area contributed by atoms with Crippen LogP contribution < -0.4 is 5.32 Å². The van der Waals surface area contributed by atoms with E-state index in [1.165, 1.54) is 0 Å². The van der Waals surface area contributed by atoms with Crippen molar-refractivity contribution in [2.75, 3.05) is 7.05 Å². The van der Waals surface area contributed by atoms with Crippen LogP contribution in [0.15, 0.2) is 30.5 Å². The van der Waals surface area contributed by atoms with E-state index in [-0.39, 0.29) is 28.8 Å². The maximum atomic E-state index is 13.3. The van der Waals surface area contributed by atoms with Gasteiger partial charge in [-0.05, 0) is 85.9 Å². The van der Waals surface area contributed by atoms with Crippen molar-refractivity contribution in [1.82, 2.24) is 10.3 Å². The molecule has 2 saturated carbocycles. The summed E-state index contributed by atoms with van der Waals surface area (Å²) in [7, 11) is 1.66. The molecule has 0 atom stereocenters. The average molecular weight is 453 g/mol. The van der Waals surface area contributed by atoms with Crippen LogP contribution in [0.4, 0.5) is 0 Å². The van der Waals surface area contributed by atoms with Crippen molar-refractivity contribution >= 4 is 29.1 Å². The molecule has 0 saturated heterocycles. The smallest absolute Gasteiger partial charge is 0.222 e. The molecule has 0 bridgehead atoms. The molecule has 1 amide bonds. The molecular weight excluding hydrogens is 424 g/mol. The Kier molecular flexibility index (Phi) is 6.22. The average Bonchev–Trinajstić information content (AvgIpc) is 2.75. The lowest BCUT2D eigenvalue weighted by Gasteiger charge is -2.43. The van der Waals surface area contributed by atoms with Crippen molar-refractivity contribution in [2.45, 2.75) is 58.3 Å². The van der Waals surface area contributed by atoms with Crippen molar-refractivity contribution < 1.29 is 14.4 Å². The standard InChI is InChI=1S/C26H29ClN2O3/c1-15-10-18(20-5-4-19(27)14-29-20)11-16(2)23(15)24-21(30)12-26(13-22(24)31)8-6-17(7-9-26)25(32)28-3/h4-5,10-11,14,17,24H,6-9,12-13H2,1-3H3,(H,28,32). The SMILES string of the molecule is CNC(=O)C1CCC2(CC1)CC(=O)C(c1c(C)cc(-c3ccc(Cl)cn3)cc1C)C(=O)C2. The number of benzene rings is 1. The van der Waals surface area contributed by atoms with Gasteiger partial charge in [0.25, 0.3) is 0 Å². The van der Waals surface area contributed by atoms with Crippen molar-refractivity contribution in [3.8, 4) is 11.3 Å². The van der Waals surface area contributed by atoms with E-state index in [1.807, 2.05) is 32.0 Å². The van der Waals surface area contributed by atoms with Crippen LogP contribution in [0.5, 0.6) is 0 Å². The molecule has 168 valence electrons. The summed E-state index contributed by atoms with van der Waals surface area (Å²) < 4.78 is 0. The number of rotatable bonds is 3. The minimum Gasteiger partial charge on any atom is -0.359 e. The van der Waals surface area contributed by atoms with E-state index < -0.39 is 5.92 Å². The highest BCUT2D eigenvalue weighted by Gasteiger charge is 2.48. The zero-order valence-corrected chi connectivity index (χ0v) is 19.6. The third-order valence-corrected chi connectivity index (χ3v) is 7.53. The zero-order chi connectivity index (χ0) is 23.0. The van der Waals surface area contributed by atoms with Gasteiger partial charge in [-0.15, -0.1) is 0 Å². The summed E-state index contributed by atoms with van der Waals surface area (Å²) in [6.45, 7) is 3.92. The molecule has 5 nitrogen and oxygen atoms in total. The van der Waals surface area contributed by atoms with Crippen molar-refractivity contribution in [3.05, 3.63) is 52.2 Å². The Labute approximate surface area is 194 Å². The van der Waals surface area contributed by atoms with Gasteiger partial charge in [-0.3, -0.25) is 19.4 Å². The summed E-state index contributed by atoms with van der Waals surface area (Å²) >= 11 is 5.96. The van der Waals surface area contributed by atoms with Crippen LogP contribution in [-0.2, 0) is 14.4 Å². The topological polar surface area (TPSA) is 76.1 Å². The van der Waals surface area contributed by atoms with Crippen LogP contribution in [0.25, 0.3) is 11.3 Å². The second-order valence-electron chi connectivity index (χ2n) is 9.49. The molecule has 6 heteroatoms. The number of carbonyl (C=O) groups excluding carboxylic acids is 3. The lowest BCUT2D eigenvalue weighted by atomic mass is 9.59. The van der Waals surface area contributed by atoms with Gasteiger partial charge >= 0.3 is 0 Å². The van der Waals surface area contributed by atoms with Crippen LogP contribution >= 0.6 is 11.6 Å². The zero-order valence-electron chi connectivity index (χ0n) is 18.8. The van der Waals surface area contributed by atoms with Gasteiger partial charge in [0.2, 0.25) is 5.91 Å². The van der Waals surface area contributed by atoms with Crippen molar-refractivity contribution in [3.63, 3.8) is 0 Å². The molecule has 4 rings (SSSR count). The Balaban J connectivity index is 1.56. The number of nitrogens with one attached hydrogen (secondary N) is 1. The maximum Gasteiger partial charge on any atom is 0.222 e. The second kappa shape index (κ2) is 8.78. The van der Waals surface area contributed by atoms with E-state index in [0.717, 1.165) is 53.6 Å². The van der Waals surface area contributed by atoms with Gasteiger partial charge in [-0.2, -0.15) is 0 Å². The van der Waals surface area contributed by atoms with E-state index in [9.17, 15) is 14.4 Å². The highest BCUT2D eigenvalue weighted by atomic mass is 35.5. The Hall–Kier alpha value is -2.53. The first-order valence-electron chi connectivity index (χ1n) is 11.2. The minimum absolute atomic E-state index is 0.00735. The molecule has 32 heavy (non-hydrogen) atoms. The van der Waals surface area contributed by atoms with E-state index >= 15 is 0 Å². The Morgan fingerprint density at radius 2 is 1.66 bits per heavy atom. The quantitative estimate of drug-likeness (QED) is 0.668. The number of halogens is 1. The van der Waals surface area contributed by atoms with Gasteiger partial charge in [-0.1, -0.05) is 11.6 Å². The summed E-state index contributed by atoms with van der Waals surface area (Å²) in [5.74, 6) is -0.601. The van der Waals surface area contributed by atoms with E-state index in [4.69, 9.17) is 11.6 Å². The summed E-state index contributed by atoms with van der Waals surface area (Å²) in [6.07, 6.45) is 5.45. The molecule has 0 aliphatic heterocycles. The fraction of sp³-hybridized carbons (Fsp3) is 0.462. The molecular formula is C26H29ClN2O3. The number of aryl methyl sites for hydroxylation is 2. The normalized spacial score (nSPS) is 25.8. The van der Waals surface area contributed by atoms with Gasteiger partial charge in [0, 0.05) is 37.6 Å². The summed E-state index contributed by atoms with van der Waals surface area (Å²) in [5, 5.41) is 3.30. The minimum atomic E-state index is -0.690. The number of pyridine rings is 1. The number of aromatic nitrogens is 1. The van der Waals surface area contributed by atoms with Gasteiger partial charge in [0.05, 0.1) is 10.7 Å². The van der Waals surface area contributed by atoms with Gasteiger partial charge in [0.1, 0.15) is 17.5 Å². The monoisotopic (exact) mass is 452 g/mol. The largest absolute Gasteiger partial charge is 0.359 e. The summed E-state index contributed by atoms with van der Waals surface area (Å²) in [5.41, 5.74) is 4.18. The summed E-state index contributed by atoms with van der Waals surface area (Å²) in [6, 6.07) is 7.66. The molecule has 2 fully saturated rings. The number of amides is 1. The number of hydrogen-bond acceptors (Lipinski definition) is 4. The van der Waals surface area contributed by atoms with Crippen LogP contribution in [0.1, 0.15) is 61.1 Å². The molecule has 1 aromatic carbocycles. The predicted octanol–water partition coefficient (Wildman–Crippen LogP) is 4.96. The van der Waals surface area contributed by atoms with Crippen LogP contribution in [0.2, 0.25) is 5.02 Å². The number of ketones is 2. The van der Waals surface area contributed by atoms with E-state index in [2.05, 4.69) is 10.3 Å². The fourth-order valence-corrected chi connectivity index (χ4v) is 5.79. The van der Waals surface area contributed by atoms with Gasteiger partial charge in [-0.25, -0.2) is 0 Å². The molecule has 0 unspecified atom stereocenters. The maximum absolute atomic E-state index is 13.3. The number of carbonyl (C=O) groups is 3. The Morgan fingerprint density at radius 3 is 2.16 bits per heavy atom. The van der Waals surface area contributed by atoms with Gasteiger partial charge < -0.3 is 5.32 Å². The first-order chi connectivity index (χ1) is 15.2. The molecule has 1 aromatic heterocycles. The van der Waals surface area contributed by atoms with Crippen LogP contribution in [0.3, 0.4) is 0 Å². The van der Waals surface area contributed by atoms with Crippen molar-refractivity contribution in [2.24, 2.45) is 11.3 Å². The lowest BCUT2D eigenvalue weighted by molar-refractivity contribution is -0.138. The van der Waals surface area contributed by atoms with Crippen LogP contribution in [-0.4, -0.2) is 29.5 Å². The first-order valence-corrected chi connectivity index (χ1v) is 11.6. The van der Waals surface area contributed by atoms with Crippen LogP contribution in [0, 0.1) is 25.2 Å². The third-order valence-electron chi connectivity index (χ3n) is 7.31. The molecule has 2 aromatic rings. The lowest BCUT2D eigenvalue weighted by Crippen LogP contribution is -2.43. The Morgan fingerprint density at radius 1 is 1.06 bits per heavy atom. The first kappa shape index (κ1) is 22.7. The fourth-order valence-electron chi connectivity index (χ4n) is 5.68. The molecule has 0 radical (unpaired) electrons. The molecule has 1 N–H and O–H groups in total. The Bertz CT molecular complexity index is 1030. The number of nitrogens with zero attached hydrogens (tertiary/aromatic N) is 1. The molecule has 2 aliphatic rings. The molecule has 1 spiro atoms. The number of Topliss-reactive ketones (excluding diaryl/α,β-unsaturated/α-hetero) is 2. The van der Waals surface area contributed by atoms with Crippen molar-refractivity contribution in [1.29, 1.82) is 0 Å². The molecule has 2 aliphatic carbocycles. The molecule has 1 heterocycles.